The van der Waals surface area contributed by atoms with Gasteiger partial charge in [0.15, 0.2) is 0 Å². The summed E-state index contributed by atoms with van der Waals surface area (Å²) < 4.78 is 38.8. The molecule has 0 bridgehead atoms. The number of hydrogen-bond donors (Lipinski definition) is 2. The van der Waals surface area contributed by atoms with E-state index in [0.29, 0.717) is 18.7 Å². The van der Waals surface area contributed by atoms with Gasteiger partial charge in [0, 0.05) is 25.0 Å². The van der Waals surface area contributed by atoms with Crippen LogP contribution in [0, 0.1) is 0 Å². The molecule has 1 aromatic carbocycles. The van der Waals surface area contributed by atoms with Gasteiger partial charge in [-0.1, -0.05) is 0 Å². The molecule has 0 spiro atoms. The van der Waals surface area contributed by atoms with Crippen molar-refractivity contribution in [3.63, 3.8) is 0 Å². The molecule has 7 heteroatoms. The lowest BCUT2D eigenvalue weighted by atomic mass is 9.99. The molecule has 1 amide bonds. The van der Waals surface area contributed by atoms with Gasteiger partial charge in [-0.05, 0) is 37.5 Å². The molecule has 0 aromatic heterocycles. The molecular formula is C14H18F3N3O. The number of benzene rings is 1. The van der Waals surface area contributed by atoms with Crippen molar-refractivity contribution in [1.82, 2.24) is 5.32 Å². The first-order valence-corrected chi connectivity index (χ1v) is 6.79. The van der Waals surface area contributed by atoms with Crippen LogP contribution in [0.3, 0.4) is 0 Å². The molecule has 116 valence electrons. The fourth-order valence-corrected chi connectivity index (χ4v) is 2.65. The molecule has 2 rings (SSSR count). The zero-order chi connectivity index (χ0) is 15.6. The van der Waals surface area contributed by atoms with E-state index < -0.39 is 17.8 Å². The summed E-state index contributed by atoms with van der Waals surface area (Å²) in [6, 6.07) is 3.37. The van der Waals surface area contributed by atoms with E-state index in [9.17, 15) is 18.0 Å². The lowest BCUT2D eigenvalue weighted by Crippen LogP contribution is -2.48. The minimum Gasteiger partial charge on any atom is -0.398 e. The molecule has 1 heterocycles. The zero-order valence-electron chi connectivity index (χ0n) is 11.7. The van der Waals surface area contributed by atoms with E-state index >= 15 is 0 Å². The maximum absolute atomic E-state index is 12.9. The fraction of sp³-hybridized carbons (Fsp3) is 0.500. The highest BCUT2D eigenvalue weighted by atomic mass is 19.4. The van der Waals surface area contributed by atoms with Crippen molar-refractivity contribution in [3.05, 3.63) is 23.8 Å². The number of nitrogens with one attached hydrogen (secondary N) is 1. The molecule has 21 heavy (non-hydrogen) atoms. The fourth-order valence-electron chi connectivity index (χ4n) is 2.65. The predicted octanol–water partition coefficient (Wildman–Crippen LogP) is 2.39. The largest absolute Gasteiger partial charge is 0.418 e. The molecule has 0 saturated carbocycles. The standard InChI is InChI=1S/C14H18F3N3O/c1-19-13(21)12-4-2-3-7-20(12)9-5-6-11(18)10(8-9)14(15,16)17/h5-6,8,12H,2-4,7,18H2,1H3,(H,19,21). The van der Waals surface area contributed by atoms with E-state index in [4.69, 9.17) is 5.73 Å². The van der Waals surface area contributed by atoms with E-state index in [0.717, 1.165) is 18.9 Å². The Bertz CT molecular complexity index is 531. The summed E-state index contributed by atoms with van der Waals surface area (Å²) in [6.45, 7) is 0.555. The van der Waals surface area contributed by atoms with E-state index in [2.05, 4.69) is 5.32 Å². The number of nitrogens with zero attached hydrogens (tertiary/aromatic N) is 1. The van der Waals surface area contributed by atoms with Crippen LogP contribution in [0.4, 0.5) is 24.5 Å². The Balaban J connectivity index is 2.37. The minimum atomic E-state index is -4.50. The number of anilines is 2. The summed E-state index contributed by atoms with van der Waals surface area (Å²) in [6.07, 6.45) is -2.14. The Hall–Kier alpha value is -1.92. The molecule has 0 radical (unpaired) electrons. The Morgan fingerprint density at radius 1 is 1.38 bits per heavy atom. The topological polar surface area (TPSA) is 58.4 Å². The molecule has 3 N–H and O–H groups in total. The summed E-state index contributed by atoms with van der Waals surface area (Å²) in [7, 11) is 1.53. The summed E-state index contributed by atoms with van der Waals surface area (Å²) >= 11 is 0. The molecule has 4 nitrogen and oxygen atoms in total. The average molecular weight is 301 g/mol. The average Bonchev–Trinajstić information content (AvgIpc) is 2.46. The number of amides is 1. The first-order valence-electron chi connectivity index (χ1n) is 6.79. The van der Waals surface area contributed by atoms with Gasteiger partial charge in [0.05, 0.1) is 5.56 Å². The highest BCUT2D eigenvalue weighted by Gasteiger charge is 2.35. The monoisotopic (exact) mass is 301 g/mol. The highest BCUT2D eigenvalue weighted by Crippen LogP contribution is 2.37. The molecule has 1 aliphatic rings. The number of carbonyl (C=O) groups excluding carboxylic acids is 1. The van der Waals surface area contributed by atoms with Crippen molar-refractivity contribution >= 4 is 17.3 Å². The lowest BCUT2D eigenvalue weighted by Gasteiger charge is -2.36. The number of likely N-dealkylation sites (N-methyl/N-ethyl adjacent to an activating group) is 1. The number of nitrogens with two attached hydrogens (primary N) is 1. The number of halogens is 3. The van der Waals surface area contributed by atoms with Gasteiger partial charge >= 0.3 is 6.18 Å². The van der Waals surface area contributed by atoms with Crippen LogP contribution < -0.4 is 16.0 Å². The van der Waals surface area contributed by atoms with Gasteiger partial charge < -0.3 is 16.0 Å². The third-order valence-electron chi connectivity index (χ3n) is 3.73. The minimum absolute atomic E-state index is 0.180. The number of hydrogen-bond acceptors (Lipinski definition) is 3. The first-order chi connectivity index (χ1) is 9.84. The van der Waals surface area contributed by atoms with Crippen molar-refractivity contribution in [2.45, 2.75) is 31.5 Å². The van der Waals surface area contributed by atoms with Crippen molar-refractivity contribution in [3.8, 4) is 0 Å². The van der Waals surface area contributed by atoms with Crippen LogP contribution >= 0.6 is 0 Å². The second-order valence-corrected chi connectivity index (χ2v) is 5.09. The van der Waals surface area contributed by atoms with E-state index in [-0.39, 0.29) is 11.6 Å². The van der Waals surface area contributed by atoms with Gasteiger partial charge in [-0.15, -0.1) is 0 Å². The number of alkyl halides is 3. The molecule has 0 aliphatic carbocycles. The van der Waals surface area contributed by atoms with Crippen LogP contribution in [0.2, 0.25) is 0 Å². The van der Waals surface area contributed by atoms with Gasteiger partial charge in [-0.3, -0.25) is 4.79 Å². The quantitative estimate of drug-likeness (QED) is 0.825. The Morgan fingerprint density at radius 3 is 2.71 bits per heavy atom. The van der Waals surface area contributed by atoms with Crippen LogP contribution in [0.5, 0.6) is 0 Å². The molecular weight excluding hydrogens is 283 g/mol. The molecule has 1 aliphatic heterocycles. The summed E-state index contributed by atoms with van der Waals surface area (Å²) in [5.74, 6) is -0.180. The maximum Gasteiger partial charge on any atom is 0.418 e. The van der Waals surface area contributed by atoms with E-state index in [1.165, 1.54) is 19.2 Å². The first kappa shape index (κ1) is 15.5. The lowest BCUT2D eigenvalue weighted by molar-refractivity contribution is -0.136. The van der Waals surface area contributed by atoms with Crippen LogP contribution in [0.25, 0.3) is 0 Å². The third-order valence-corrected chi connectivity index (χ3v) is 3.73. The third kappa shape index (κ3) is 3.22. The molecule has 1 unspecified atom stereocenters. The smallest absolute Gasteiger partial charge is 0.398 e. The zero-order valence-corrected chi connectivity index (χ0v) is 11.7. The van der Waals surface area contributed by atoms with Crippen LogP contribution in [0.15, 0.2) is 18.2 Å². The van der Waals surface area contributed by atoms with Gasteiger partial charge in [-0.25, -0.2) is 0 Å². The number of nitrogen functional groups attached to an aromatic ring is 1. The maximum atomic E-state index is 12.9. The molecule has 1 aromatic rings. The van der Waals surface area contributed by atoms with Crippen LogP contribution in [-0.2, 0) is 11.0 Å². The second-order valence-electron chi connectivity index (χ2n) is 5.09. The van der Waals surface area contributed by atoms with Crippen LogP contribution in [0.1, 0.15) is 24.8 Å². The Morgan fingerprint density at radius 2 is 2.10 bits per heavy atom. The van der Waals surface area contributed by atoms with Gasteiger partial charge in [-0.2, -0.15) is 13.2 Å². The summed E-state index contributed by atoms with van der Waals surface area (Å²) in [5.41, 5.74) is 4.62. The van der Waals surface area contributed by atoms with Crippen LogP contribution in [-0.4, -0.2) is 25.5 Å². The van der Waals surface area contributed by atoms with Crippen molar-refractivity contribution in [1.29, 1.82) is 0 Å². The Kier molecular flexibility index (Phi) is 4.29. The number of rotatable bonds is 2. The van der Waals surface area contributed by atoms with Gasteiger partial charge in [0.2, 0.25) is 5.91 Å². The SMILES string of the molecule is CNC(=O)C1CCCCN1c1ccc(N)c(C(F)(F)F)c1. The van der Waals surface area contributed by atoms with E-state index in [1.54, 1.807) is 4.90 Å². The normalized spacial score (nSPS) is 19.4. The van der Waals surface area contributed by atoms with Crippen molar-refractivity contribution in [2.75, 3.05) is 24.2 Å². The Labute approximate surface area is 121 Å². The summed E-state index contributed by atoms with van der Waals surface area (Å²) in [5, 5.41) is 2.56. The van der Waals surface area contributed by atoms with E-state index in [1.807, 2.05) is 0 Å². The van der Waals surface area contributed by atoms with Crippen molar-refractivity contribution in [2.24, 2.45) is 0 Å². The molecule has 1 atom stereocenters. The molecule has 1 fully saturated rings. The van der Waals surface area contributed by atoms with Gasteiger partial charge in [0.1, 0.15) is 6.04 Å². The van der Waals surface area contributed by atoms with Gasteiger partial charge in [0.25, 0.3) is 0 Å². The second kappa shape index (κ2) is 5.83. The highest BCUT2D eigenvalue weighted by molar-refractivity contribution is 5.85. The summed E-state index contributed by atoms with van der Waals surface area (Å²) in [4.78, 5) is 13.6. The predicted molar refractivity (Wildman–Crippen MR) is 74.9 cm³/mol. The molecule has 1 saturated heterocycles. The van der Waals surface area contributed by atoms with Crippen molar-refractivity contribution < 1.29 is 18.0 Å². The number of piperidine rings is 1. The number of carbonyl (C=O) groups is 1.